The molecule has 3 N–H and O–H groups in total. The average molecular weight is 312 g/mol. The Hall–Kier alpha value is -3.48. The maximum atomic E-state index is 12.1. The topological polar surface area (TPSA) is 121 Å². The summed E-state index contributed by atoms with van der Waals surface area (Å²) in [5.74, 6) is -2.66. The first-order chi connectivity index (χ1) is 11.0. The van der Waals surface area contributed by atoms with Crippen molar-refractivity contribution in [3.8, 4) is 22.8 Å². The Morgan fingerprint density at radius 3 is 2.22 bits per heavy atom. The van der Waals surface area contributed by atoms with Gasteiger partial charge >= 0.3 is 5.97 Å². The molecular weight excluding hydrogens is 304 g/mol. The molecule has 5 rings (SSSR count). The van der Waals surface area contributed by atoms with E-state index in [-0.39, 0.29) is 33.6 Å². The van der Waals surface area contributed by atoms with Crippen LogP contribution in [0.25, 0.3) is 33.5 Å². The maximum absolute atomic E-state index is 12.1. The van der Waals surface area contributed by atoms with Crippen molar-refractivity contribution in [2.24, 2.45) is 0 Å². The van der Waals surface area contributed by atoms with E-state index in [4.69, 9.17) is 8.83 Å². The summed E-state index contributed by atoms with van der Waals surface area (Å²) in [5.41, 5.74) is -1.57. The Morgan fingerprint density at radius 1 is 0.913 bits per heavy atom. The molecule has 0 fully saturated rings. The van der Waals surface area contributed by atoms with Gasteiger partial charge in [-0.2, -0.15) is 0 Å². The lowest BCUT2D eigenvalue weighted by Crippen LogP contribution is -2.10. The van der Waals surface area contributed by atoms with Gasteiger partial charge in [-0.1, -0.05) is 30.3 Å². The van der Waals surface area contributed by atoms with Crippen LogP contribution < -0.4 is 5.43 Å². The van der Waals surface area contributed by atoms with Crippen LogP contribution in [0.5, 0.6) is 11.5 Å². The van der Waals surface area contributed by atoms with Crippen molar-refractivity contribution < 1.29 is 28.9 Å². The van der Waals surface area contributed by atoms with Crippen molar-refractivity contribution in [3.63, 3.8) is 0 Å². The molecule has 5 aromatic rings. The molecule has 2 aromatic carbocycles. The van der Waals surface area contributed by atoms with E-state index >= 15 is 0 Å². The fraction of sp³-hybridized carbons (Fsp3) is 0. The van der Waals surface area contributed by atoms with E-state index in [2.05, 4.69) is 0 Å². The van der Waals surface area contributed by atoms with Gasteiger partial charge in [-0.05, 0) is 0 Å². The summed E-state index contributed by atoms with van der Waals surface area (Å²) in [6.45, 7) is 0. The third kappa shape index (κ3) is 1.58. The van der Waals surface area contributed by atoms with Gasteiger partial charge in [-0.15, -0.1) is 0 Å². The second-order valence-electron chi connectivity index (χ2n) is 4.97. The zero-order valence-corrected chi connectivity index (χ0v) is 11.4. The first-order valence-electron chi connectivity index (χ1n) is 6.56. The Morgan fingerprint density at radius 2 is 1.61 bits per heavy atom. The third-order valence-electron chi connectivity index (χ3n) is 3.66. The molecule has 0 aliphatic carbocycles. The van der Waals surface area contributed by atoms with Crippen LogP contribution in [0.3, 0.4) is 0 Å². The molecule has 0 saturated carbocycles. The highest BCUT2D eigenvalue weighted by molar-refractivity contribution is 6.10. The smallest absolute Gasteiger partial charge is 0.343 e. The van der Waals surface area contributed by atoms with E-state index in [0.29, 0.717) is 5.56 Å². The molecule has 0 unspecified atom stereocenters. The van der Waals surface area contributed by atoms with Crippen LogP contribution in [-0.4, -0.2) is 21.3 Å². The zero-order valence-electron chi connectivity index (χ0n) is 11.4. The summed E-state index contributed by atoms with van der Waals surface area (Å²) in [4.78, 5) is 23.7. The van der Waals surface area contributed by atoms with Crippen LogP contribution in [0.15, 0.2) is 44.0 Å². The number of aromatic hydroxyl groups is 2. The van der Waals surface area contributed by atoms with E-state index in [1.807, 2.05) is 0 Å². The standard InChI is InChI=1S/C16H8O7/c17-9-7-10(18)14-11(19)15(23-14)13(7)22-12(8(9)16(20)21)6-4-2-1-3-5-6/h1-5,17,19H,(H,20,21). The summed E-state index contributed by atoms with van der Waals surface area (Å²) in [7, 11) is 0. The second kappa shape index (κ2) is 4.26. The number of aromatic carboxylic acids is 1. The van der Waals surface area contributed by atoms with Gasteiger partial charge in [0.1, 0.15) is 16.7 Å². The molecular formula is C16H8O7. The number of phenolic OH excluding ortho intramolecular Hbond substituents is 1. The number of carboxylic acid groups (broad SMARTS) is 1. The minimum absolute atomic E-state index is 0.0981. The molecule has 114 valence electrons. The van der Waals surface area contributed by atoms with Crippen LogP contribution in [0.1, 0.15) is 10.4 Å². The van der Waals surface area contributed by atoms with Crippen molar-refractivity contribution in [1.82, 2.24) is 0 Å². The van der Waals surface area contributed by atoms with Crippen LogP contribution in [0.2, 0.25) is 0 Å². The first-order valence-corrected chi connectivity index (χ1v) is 6.56. The zero-order chi connectivity index (χ0) is 16.3. The van der Waals surface area contributed by atoms with Gasteiger partial charge in [-0.25, -0.2) is 4.79 Å². The van der Waals surface area contributed by atoms with Crippen molar-refractivity contribution in [2.75, 3.05) is 0 Å². The maximum Gasteiger partial charge on any atom is 0.343 e. The number of hydrogen-bond acceptors (Lipinski definition) is 6. The van der Waals surface area contributed by atoms with Gasteiger partial charge in [0.05, 0.1) is 0 Å². The number of phenols is 1. The van der Waals surface area contributed by atoms with Crippen LogP contribution in [0, 0.1) is 0 Å². The van der Waals surface area contributed by atoms with Crippen molar-refractivity contribution >= 4 is 28.1 Å². The molecule has 0 spiro atoms. The quantitative estimate of drug-likeness (QED) is 0.520. The Bertz CT molecular complexity index is 1120. The number of carboxylic acids is 1. The summed E-state index contributed by atoms with van der Waals surface area (Å²) in [6.07, 6.45) is 0. The van der Waals surface area contributed by atoms with E-state index in [1.54, 1.807) is 30.3 Å². The van der Waals surface area contributed by atoms with Gasteiger partial charge in [0, 0.05) is 5.56 Å². The van der Waals surface area contributed by atoms with Crippen molar-refractivity contribution in [3.05, 3.63) is 46.1 Å². The Balaban J connectivity index is 2.22. The lowest BCUT2D eigenvalue weighted by molar-refractivity contribution is 0.0693. The SMILES string of the molecule is O=C(O)c1c(-c2ccccc2)oc2c3oc(c3O)c(=O)c2c1O. The molecule has 0 atom stereocenters. The number of carbonyl (C=O) groups is 1. The number of hydrogen-bond donors (Lipinski definition) is 3. The largest absolute Gasteiger partial charge is 0.506 e. The van der Waals surface area contributed by atoms with Gasteiger partial charge in [0.2, 0.25) is 22.3 Å². The number of benzene rings is 2. The van der Waals surface area contributed by atoms with Crippen molar-refractivity contribution in [1.29, 1.82) is 0 Å². The summed E-state index contributed by atoms with van der Waals surface area (Å²) in [6, 6.07) is 8.25. The molecule has 23 heavy (non-hydrogen) atoms. The van der Waals surface area contributed by atoms with Crippen molar-refractivity contribution in [2.45, 2.75) is 0 Å². The lowest BCUT2D eigenvalue weighted by Gasteiger charge is -2.14. The van der Waals surface area contributed by atoms with Gasteiger partial charge in [0.15, 0.2) is 11.3 Å². The minimum atomic E-state index is -1.44. The summed E-state index contributed by atoms with van der Waals surface area (Å²) >= 11 is 0. The van der Waals surface area contributed by atoms with Gasteiger partial charge in [0.25, 0.3) is 0 Å². The predicted molar refractivity (Wildman–Crippen MR) is 79.2 cm³/mol. The highest BCUT2D eigenvalue weighted by atomic mass is 16.4. The fourth-order valence-corrected chi connectivity index (χ4v) is 2.58. The Labute approximate surface area is 127 Å². The van der Waals surface area contributed by atoms with Gasteiger partial charge < -0.3 is 24.2 Å². The van der Waals surface area contributed by atoms with E-state index in [9.17, 15) is 24.9 Å². The highest BCUT2D eigenvalue weighted by Crippen LogP contribution is 2.43. The highest BCUT2D eigenvalue weighted by Gasteiger charge is 2.31. The summed E-state index contributed by atoms with van der Waals surface area (Å²) in [5, 5.41) is 29.1. The second-order valence-corrected chi connectivity index (χ2v) is 4.97. The van der Waals surface area contributed by atoms with Crippen LogP contribution in [0.4, 0.5) is 0 Å². The van der Waals surface area contributed by atoms with E-state index < -0.39 is 22.7 Å². The molecule has 0 saturated heterocycles. The van der Waals surface area contributed by atoms with Crippen LogP contribution >= 0.6 is 0 Å². The molecule has 0 aliphatic rings. The average Bonchev–Trinajstić information content (AvgIpc) is 2.53. The monoisotopic (exact) mass is 312 g/mol. The molecule has 0 amide bonds. The first kappa shape index (κ1) is 13.2. The summed E-state index contributed by atoms with van der Waals surface area (Å²) < 4.78 is 10.5. The molecule has 3 heterocycles. The Kier molecular flexibility index (Phi) is 2.45. The van der Waals surface area contributed by atoms with Gasteiger partial charge in [-0.3, -0.25) is 4.79 Å². The lowest BCUT2D eigenvalue weighted by atomic mass is 10.0. The molecule has 7 nitrogen and oxygen atoms in total. The molecule has 0 radical (unpaired) electrons. The predicted octanol–water partition coefficient (Wildman–Crippen LogP) is 2.75. The third-order valence-corrected chi connectivity index (χ3v) is 3.66. The minimum Gasteiger partial charge on any atom is -0.506 e. The molecule has 7 heteroatoms. The van der Waals surface area contributed by atoms with E-state index in [1.165, 1.54) is 0 Å². The molecule has 2 bridgehead atoms. The fourth-order valence-electron chi connectivity index (χ4n) is 2.58. The molecule has 0 aliphatic heterocycles. The normalized spacial score (nSPS) is 11.5. The number of rotatable bonds is 2. The van der Waals surface area contributed by atoms with E-state index in [0.717, 1.165) is 0 Å². The van der Waals surface area contributed by atoms with Crippen LogP contribution in [-0.2, 0) is 0 Å². The molecule has 3 aromatic heterocycles.